The van der Waals surface area contributed by atoms with E-state index in [4.69, 9.17) is 11.6 Å². The first kappa shape index (κ1) is 19.5. The number of amides is 3. The molecule has 2 aromatic carbocycles. The van der Waals surface area contributed by atoms with Crippen LogP contribution < -0.4 is 16.0 Å². The fraction of sp³-hybridized carbons (Fsp3) is 0.211. The highest BCUT2D eigenvalue weighted by Gasteiger charge is 2.10. The van der Waals surface area contributed by atoms with Gasteiger partial charge in [0.15, 0.2) is 0 Å². The van der Waals surface area contributed by atoms with Crippen LogP contribution in [-0.2, 0) is 16.0 Å². The monoisotopic (exact) mass is 373 g/mol. The fourth-order valence-electron chi connectivity index (χ4n) is 2.25. The molecule has 0 aromatic heterocycles. The summed E-state index contributed by atoms with van der Waals surface area (Å²) < 4.78 is 0. The Labute approximate surface area is 156 Å². The average Bonchev–Trinajstić information content (AvgIpc) is 2.65. The van der Waals surface area contributed by atoms with E-state index in [1.165, 1.54) is 0 Å². The molecule has 0 bridgehead atoms. The summed E-state index contributed by atoms with van der Waals surface area (Å²) in [5, 5.41) is 8.24. The second-order valence-corrected chi connectivity index (χ2v) is 5.96. The van der Waals surface area contributed by atoms with Crippen molar-refractivity contribution < 1.29 is 14.4 Å². The zero-order chi connectivity index (χ0) is 18.9. The lowest BCUT2D eigenvalue weighted by Crippen LogP contribution is -2.40. The number of carbonyl (C=O) groups excluding carboxylic acids is 3. The molecule has 0 aliphatic heterocycles. The molecule has 0 atom stereocenters. The molecular weight excluding hydrogens is 354 g/mol. The van der Waals surface area contributed by atoms with Gasteiger partial charge in [0.25, 0.3) is 5.91 Å². The largest absolute Gasteiger partial charge is 0.345 e. The molecule has 2 aromatic rings. The lowest BCUT2D eigenvalue weighted by molar-refractivity contribution is -0.123. The van der Waals surface area contributed by atoms with Crippen LogP contribution in [0.2, 0.25) is 5.02 Å². The van der Waals surface area contributed by atoms with Gasteiger partial charge in [0.1, 0.15) is 0 Å². The first-order valence-electron chi connectivity index (χ1n) is 8.17. The number of carbonyl (C=O) groups is 3. The van der Waals surface area contributed by atoms with Gasteiger partial charge in [-0.05, 0) is 42.3 Å². The minimum Gasteiger partial charge on any atom is -0.345 e. The average molecular weight is 374 g/mol. The molecule has 0 saturated carbocycles. The van der Waals surface area contributed by atoms with Gasteiger partial charge in [0.05, 0.1) is 13.1 Å². The number of rotatable bonds is 7. The SMILES string of the molecule is CCc1ccccc1NC(=O)CNC(=O)CNC(=O)c1ccc(Cl)cc1. The van der Waals surface area contributed by atoms with Crippen molar-refractivity contribution in [2.75, 3.05) is 18.4 Å². The Hall–Kier alpha value is -2.86. The molecule has 7 heteroatoms. The quantitative estimate of drug-likeness (QED) is 0.696. The topological polar surface area (TPSA) is 87.3 Å². The fourth-order valence-corrected chi connectivity index (χ4v) is 2.38. The van der Waals surface area contributed by atoms with Crippen molar-refractivity contribution in [3.63, 3.8) is 0 Å². The number of aryl methyl sites for hydroxylation is 1. The van der Waals surface area contributed by atoms with Crippen LogP contribution in [0.1, 0.15) is 22.8 Å². The Morgan fingerprint density at radius 2 is 1.54 bits per heavy atom. The number of hydrogen-bond donors (Lipinski definition) is 3. The van der Waals surface area contributed by atoms with Crippen LogP contribution in [0.4, 0.5) is 5.69 Å². The Bertz CT molecular complexity index is 791. The molecule has 3 amide bonds. The lowest BCUT2D eigenvalue weighted by Gasteiger charge is -2.10. The maximum atomic E-state index is 12.0. The standard InChI is InChI=1S/C19H20ClN3O3/c1-2-13-5-3-4-6-16(13)23-18(25)12-21-17(24)11-22-19(26)14-7-9-15(20)10-8-14/h3-10H,2,11-12H2,1H3,(H,21,24)(H,22,26)(H,23,25). The number of anilines is 1. The number of halogens is 1. The van der Waals surface area contributed by atoms with Crippen molar-refractivity contribution >= 4 is 35.0 Å². The van der Waals surface area contributed by atoms with Crippen molar-refractivity contribution in [3.05, 3.63) is 64.7 Å². The summed E-state index contributed by atoms with van der Waals surface area (Å²) in [6.45, 7) is 1.60. The van der Waals surface area contributed by atoms with E-state index < -0.39 is 11.8 Å². The van der Waals surface area contributed by atoms with Crippen molar-refractivity contribution in [1.82, 2.24) is 10.6 Å². The molecule has 0 fully saturated rings. The van der Waals surface area contributed by atoms with E-state index in [9.17, 15) is 14.4 Å². The van der Waals surface area contributed by atoms with Crippen molar-refractivity contribution in [1.29, 1.82) is 0 Å². The minimum atomic E-state index is -0.453. The van der Waals surface area contributed by atoms with Gasteiger partial charge in [-0.1, -0.05) is 36.7 Å². The van der Waals surface area contributed by atoms with E-state index in [2.05, 4.69) is 16.0 Å². The van der Waals surface area contributed by atoms with Gasteiger partial charge >= 0.3 is 0 Å². The molecular formula is C19H20ClN3O3. The van der Waals surface area contributed by atoms with E-state index in [0.717, 1.165) is 17.7 Å². The highest BCUT2D eigenvalue weighted by atomic mass is 35.5. The molecule has 0 spiro atoms. The van der Waals surface area contributed by atoms with Crippen LogP contribution in [0.5, 0.6) is 0 Å². The molecule has 136 valence electrons. The summed E-state index contributed by atoms with van der Waals surface area (Å²) in [6.07, 6.45) is 0.791. The Morgan fingerprint density at radius 1 is 0.885 bits per heavy atom. The van der Waals surface area contributed by atoms with Gasteiger partial charge in [0.2, 0.25) is 11.8 Å². The molecule has 0 aliphatic carbocycles. The summed E-state index contributed by atoms with van der Waals surface area (Å²) in [4.78, 5) is 35.6. The van der Waals surface area contributed by atoms with Gasteiger partial charge in [-0.2, -0.15) is 0 Å². The molecule has 3 N–H and O–H groups in total. The van der Waals surface area contributed by atoms with Crippen LogP contribution in [0.3, 0.4) is 0 Å². The summed E-state index contributed by atoms with van der Waals surface area (Å²) in [6, 6.07) is 13.8. The van der Waals surface area contributed by atoms with Gasteiger partial charge in [-0.25, -0.2) is 0 Å². The van der Waals surface area contributed by atoms with Crippen molar-refractivity contribution in [2.45, 2.75) is 13.3 Å². The van der Waals surface area contributed by atoms with Crippen molar-refractivity contribution in [3.8, 4) is 0 Å². The van der Waals surface area contributed by atoms with Gasteiger partial charge < -0.3 is 16.0 Å². The number of nitrogens with one attached hydrogen (secondary N) is 3. The summed E-state index contributed by atoms with van der Waals surface area (Å²) >= 11 is 5.76. The molecule has 0 radical (unpaired) electrons. The highest BCUT2D eigenvalue weighted by Crippen LogP contribution is 2.14. The van der Waals surface area contributed by atoms with Crippen LogP contribution in [0, 0.1) is 0 Å². The molecule has 6 nitrogen and oxygen atoms in total. The summed E-state index contributed by atoms with van der Waals surface area (Å²) in [7, 11) is 0. The third-order valence-corrected chi connectivity index (χ3v) is 3.89. The van der Waals surface area contributed by atoms with E-state index in [0.29, 0.717) is 10.6 Å². The maximum absolute atomic E-state index is 12.0. The van der Waals surface area contributed by atoms with Gasteiger partial charge in [-0.3, -0.25) is 14.4 Å². The second kappa shape index (κ2) is 9.58. The highest BCUT2D eigenvalue weighted by molar-refractivity contribution is 6.30. The summed E-state index contributed by atoms with van der Waals surface area (Å²) in [5.74, 6) is -1.17. The van der Waals surface area contributed by atoms with Crippen LogP contribution in [-0.4, -0.2) is 30.8 Å². The third-order valence-electron chi connectivity index (χ3n) is 3.63. The molecule has 0 unspecified atom stereocenters. The van der Waals surface area contributed by atoms with Crippen LogP contribution in [0.25, 0.3) is 0 Å². The number of benzene rings is 2. The Balaban J connectivity index is 1.75. The van der Waals surface area contributed by atoms with Crippen LogP contribution in [0.15, 0.2) is 48.5 Å². The number of para-hydroxylation sites is 1. The normalized spacial score (nSPS) is 10.1. The van der Waals surface area contributed by atoms with Crippen LogP contribution >= 0.6 is 11.6 Å². The molecule has 26 heavy (non-hydrogen) atoms. The molecule has 0 heterocycles. The Morgan fingerprint density at radius 3 is 2.23 bits per heavy atom. The predicted octanol–water partition coefficient (Wildman–Crippen LogP) is 2.39. The van der Waals surface area contributed by atoms with Crippen molar-refractivity contribution in [2.24, 2.45) is 0 Å². The maximum Gasteiger partial charge on any atom is 0.251 e. The molecule has 0 saturated heterocycles. The minimum absolute atomic E-state index is 0.173. The second-order valence-electron chi connectivity index (χ2n) is 5.53. The van der Waals surface area contributed by atoms with Gasteiger partial charge in [0, 0.05) is 16.3 Å². The van der Waals surface area contributed by atoms with E-state index in [1.54, 1.807) is 24.3 Å². The van der Waals surface area contributed by atoms with E-state index in [1.807, 2.05) is 31.2 Å². The third kappa shape index (κ3) is 5.89. The first-order chi connectivity index (χ1) is 12.5. The molecule has 0 aliphatic rings. The first-order valence-corrected chi connectivity index (χ1v) is 8.55. The van der Waals surface area contributed by atoms with E-state index in [-0.39, 0.29) is 19.0 Å². The van der Waals surface area contributed by atoms with Gasteiger partial charge in [-0.15, -0.1) is 0 Å². The van der Waals surface area contributed by atoms with E-state index >= 15 is 0 Å². The zero-order valence-corrected chi connectivity index (χ0v) is 15.1. The Kier molecular flexibility index (Phi) is 7.17. The molecule has 2 rings (SSSR count). The lowest BCUT2D eigenvalue weighted by atomic mass is 10.1. The summed E-state index contributed by atoms with van der Waals surface area (Å²) in [5.41, 5.74) is 2.14. The predicted molar refractivity (Wildman–Crippen MR) is 101 cm³/mol. The zero-order valence-electron chi connectivity index (χ0n) is 14.3. The number of hydrogen-bond acceptors (Lipinski definition) is 3. The smallest absolute Gasteiger partial charge is 0.251 e.